The number of aromatic nitrogens is 3. The Morgan fingerprint density at radius 1 is 1.09 bits per heavy atom. The summed E-state index contributed by atoms with van der Waals surface area (Å²) in [6, 6.07) is 4.68. The van der Waals surface area contributed by atoms with Gasteiger partial charge in [-0.05, 0) is 43.6 Å². The molecule has 0 unspecified atom stereocenters. The average molecular weight is 352 g/mol. The van der Waals surface area contributed by atoms with E-state index in [-0.39, 0.29) is 15.8 Å². The van der Waals surface area contributed by atoms with Gasteiger partial charge in [0, 0.05) is 22.7 Å². The van der Waals surface area contributed by atoms with Gasteiger partial charge in [0.1, 0.15) is 11.3 Å². The lowest BCUT2D eigenvalue weighted by atomic mass is 9.98. The molecule has 0 aliphatic carbocycles. The van der Waals surface area contributed by atoms with Crippen LogP contribution in [0.2, 0.25) is 10.3 Å². The molecular weight excluding hydrogens is 340 g/mol. The molecule has 0 saturated carbocycles. The van der Waals surface area contributed by atoms with Crippen LogP contribution in [0.15, 0.2) is 30.6 Å². The second-order valence-corrected chi connectivity index (χ2v) is 6.39. The predicted molar refractivity (Wildman–Crippen MR) is 88.0 cm³/mol. The zero-order chi connectivity index (χ0) is 16.8. The first-order valence-corrected chi connectivity index (χ1v) is 7.52. The first-order valence-electron chi connectivity index (χ1n) is 6.76. The maximum absolute atomic E-state index is 14.3. The molecule has 0 aliphatic rings. The summed E-state index contributed by atoms with van der Waals surface area (Å²) in [5.74, 6) is -0.509. The predicted octanol–water partition coefficient (Wildman–Crippen LogP) is 4.37. The minimum atomic E-state index is -1.08. The highest BCUT2D eigenvalue weighted by Crippen LogP contribution is 2.31. The van der Waals surface area contributed by atoms with Gasteiger partial charge in [0.05, 0.1) is 22.5 Å². The van der Waals surface area contributed by atoms with Crippen LogP contribution in [0.3, 0.4) is 0 Å². The summed E-state index contributed by atoms with van der Waals surface area (Å²) in [6.07, 6.45) is 2.82. The minimum absolute atomic E-state index is 0.0215. The number of aliphatic hydroxyl groups is 1. The van der Waals surface area contributed by atoms with Crippen LogP contribution >= 0.6 is 23.2 Å². The number of halogens is 3. The number of fused-ring (bicyclic) bond motifs is 1. The van der Waals surface area contributed by atoms with E-state index in [4.69, 9.17) is 23.2 Å². The number of rotatable bonds is 2. The number of hydrogen-bond donors (Lipinski definition) is 1. The Kier molecular flexibility index (Phi) is 3.96. The highest BCUT2D eigenvalue weighted by atomic mass is 35.5. The molecule has 0 bridgehead atoms. The van der Waals surface area contributed by atoms with E-state index in [1.165, 1.54) is 18.5 Å². The first-order chi connectivity index (χ1) is 10.8. The van der Waals surface area contributed by atoms with Gasteiger partial charge in [-0.15, -0.1) is 0 Å². The highest BCUT2D eigenvalue weighted by molar-refractivity contribution is 6.33. The van der Waals surface area contributed by atoms with Crippen LogP contribution in [0.5, 0.6) is 0 Å². The van der Waals surface area contributed by atoms with Crippen LogP contribution in [-0.2, 0) is 5.60 Å². The SMILES string of the molecule is CC(C)(O)c1cnc2c(F)cc(-c3nc(Cl)ncc3Cl)cc2c1. The highest BCUT2D eigenvalue weighted by Gasteiger charge is 2.18. The van der Waals surface area contributed by atoms with Crippen molar-refractivity contribution in [2.75, 3.05) is 0 Å². The summed E-state index contributed by atoms with van der Waals surface area (Å²) in [6.45, 7) is 3.27. The summed E-state index contributed by atoms with van der Waals surface area (Å²) < 4.78 is 14.3. The molecule has 4 nitrogen and oxygen atoms in total. The maximum Gasteiger partial charge on any atom is 0.222 e. The summed E-state index contributed by atoms with van der Waals surface area (Å²) in [7, 11) is 0. The number of nitrogens with zero attached hydrogens (tertiary/aromatic N) is 3. The molecule has 0 aliphatic heterocycles. The van der Waals surface area contributed by atoms with Gasteiger partial charge in [-0.2, -0.15) is 0 Å². The molecule has 1 aromatic carbocycles. The van der Waals surface area contributed by atoms with Crippen LogP contribution in [0.4, 0.5) is 4.39 Å². The molecule has 3 aromatic rings. The quantitative estimate of drug-likeness (QED) is 0.696. The molecule has 3 rings (SSSR count). The Morgan fingerprint density at radius 2 is 1.83 bits per heavy atom. The Morgan fingerprint density at radius 3 is 2.52 bits per heavy atom. The van der Waals surface area contributed by atoms with Gasteiger partial charge in [0.25, 0.3) is 0 Å². The molecule has 118 valence electrons. The Labute approximate surface area is 141 Å². The summed E-state index contributed by atoms with van der Waals surface area (Å²) in [4.78, 5) is 11.9. The third-order valence-corrected chi connectivity index (χ3v) is 3.89. The maximum atomic E-state index is 14.3. The second kappa shape index (κ2) is 5.67. The lowest BCUT2D eigenvalue weighted by Gasteiger charge is -2.18. The third-order valence-electron chi connectivity index (χ3n) is 3.43. The normalized spacial score (nSPS) is 11.9. The number of benzene rings is 1. The van der Waals surface area contributed by atoms with E-state index in [1.54, 1.807) is 26.0 Å². The number of hydrogen-bond acceptors (Lipinski definition) is 4. The zero-order valence-electron chi connectivity index (χ0n) is 12.3. The molecule has 2 aromatic heterocycles. The fourth-order valence-electron chi connectivity index (χ4n) is 2.22. The van der Waals surface area contributed by atoms with Gasteiger partial charge < -0.3 is 5.11 Å². The van der Waals surface area contributed by atoms with Gasteiger partial charge in [0.2, 0.25) is 5.28 Å². The van der Waals surface area contributed by atoms with Crippen molar-refractivity contribution in [3.63, 3.8) is 0 Å². The molecule has 23 heavy (non-hydrogen) atoms. The van der Waals surface area contributed by atoms with Crippen molar-refractivity contribution in [2.24, 2.45) is 0 Å². The third kappa shape index (κ3) is 3.13. The second-order valence-electron chi connectivity index (χ2n) is 5.65. The summed E-state index contributed by atoms with van der Waals surface area (Å²) >= 11 is 11.9. The van der Waals surface area contributed by atoms with Crippen LogP contribution in [0.25, 0.3) is 22.2 Å². The van der Waals surface area contributed by atoms with Gasteiger partial charge in [0.15, 0.2) is 0 Å². The number of pyridine rings is 1. The minimum Gasteiger partial charge on any atom is -0.386 e. The zero-order valence-corrected chi connectivity index (χ0v) is 13.8. The van der Waals surface area contributed by atoms with E-state index in [0.717, 1.165) is 0 Å². The molecule has 0 saturated heterocycles. The fraction of sp³-hybridized carbons (Fsp3) is 0.188. The topological polar surface area (TPSA) is 58.9 Å². The molecule has 2 heterocycles. The largest absolute Gasteiger partial charge is 0.386 e. The van der Waals surface area contributed by atoms with Crippen LogP contribution in [0.1, 0.15) is 19.4 Å². The smallest absolute Gasteiger partial charge is 0.222 e. The molecule has 0 amide bonds. The van der Waals surface area contributed by atoms with Crippen molar-refractivity contribution in [1.82, 2.24) is 15.0 Å². The molecule has 0 fully saturated rings. The molecule has 0 atom stereocenters. The van der Waals surface area contributed by atoms with Crippen molar-refractivity contribution in [3.05, 3.63) is 52.3 Å². The van der Waals surface area contributed by atoms with Gasteiger partial charge in [-0.1, -0.05) is 11.6 Å². The fourth-order valence-corrected chi connectivity index (χ4v) is 2.56. The molecule has 0 spiro atoms. The molecule has 0 radical (unpaired) electrons. The average Bonchev–Trinajstić information content (AvgIpc) is 2.48. The van der Waals surface area contributed by atoms with Crippen LogP contribution < -0.4 is 0 Å². The van der Waals surface area contributed by atoms with Crippen molar-refractivity contribution >= 4 is 34.1 Å². The Hall–Kier alpha value is -1.82. The lowest BCUT2D eigenvalue weighted by molar-refractivity contribution is 0.0784. The van der Waals surface area contributed by atoms with Crippen LogP contribution in [0, 0.1) is 5.82 Å². The molecule has 1 N–H and O–H groups in total. The van der Waals surface area contributed by atoms with E-state index in [2.05, 4.69) is 15.0 Å². The molecular formula is C16H12Cl2FN3O. The van der Waals surface area contributed by atoms with Gasteiger partial charge in [-0.25, -0.2) is 14.4 Å². The first kappa shape index (κ1) is 16.1. The van der Waals surface area contributed by atoms with Crippen molar-refractivity contribution < 1.29 is 9.50 Å². The van der Waals surface area contributed by atoms with Crippen molar-refractivity contribution in [2.45, 2.75) is 19.4 Å². The standard InChI is InChI=1S/C16H12Cl2FN3O/c1-16(2,23)10-4-8-3-9(5-12(19)14(8)20-6-10)13-11(17)7-21-15(18)22-13/h3-7,23H,1-2H3. The monoisotopic (exact) mass is 351 g/mol. The van der Waals surface area contributed by atoms with Crippen LogP contribution in [-0.4, -0.2) is 20.1 Å². The van der Waals surface area contributed by atoms with Gasteiger partial charge in [-0.3, -0.25) is 4.98 Å². The summed E-state index contributed by atoms with van der Waals surface area (Å²) in [5, 5.41) is 10.9. The van der Waals surface area contributed by atoms with E-state index >= 15 is 0 Å². The van der Waals surface area contributed by atoms with E-state index in [1.807, 2.05) is 0 Å². The summed E-state index contributed by atoms with van der Waals surface area (Å²) in [5.41, 5.74) is 0.496. The van der Waals surface area contributed by atoms with E-state index < -0.39 is 11.4 Å². The molecule has 7 heteroatoms. The van der Waals surface area contributed by atoms with E-state index in [9.17, 15) is 9.50 Å². The Bertz CT molecular complexity index is 910. The Balaban J connectivity index is 2.25. The van der Waals surface area contributed by atoms with E-state index in [0.29, 0.717) is 22.2 Å². The van der Waals surface area contributed by atoms with Crippen molar-refractivity contribution in [1.29, 1.82) is 0 Å². The van der Waals surface area contributed by atoms with Crippen molar-refractivity contribution in [3.8, 4) is 11.3 Å². The van der Waals surface area contributed by atoms with Gasteiger partial charge >= 0.3 is 0 Å². The lowest BCUT2D eigenvalue weighted by Crippen LogP contribution is -2.15.